The second-order valence-electron chi connectivity index (χ2n) is 6.40. The van der Waals surface area contributed by atoms with E-state index in [9.17, 15) is 18.4 Å². The van der Waals surface area contributed by atoms with Gasteiger partial charge in [0.05, 0.1) is 11.3 Å². The van der Waals surface area contributed by atoms with Crippen molar-refractivity contribution in [1.82, 2.24) is 10.3 Å². The standard InChI is InChI=1S/C20H19F2N3O3S/c1-11-8-15(12(2)28-11)17-10-29-20(24-17)25-18(26)4-3-7-23-19(27)14-6-5-13(21)9-16(14)22/h5-6,8-10H,3-4,7H2,1-2H3,(H,23,27)(H,24,25,26). The Bertz CT molecular complexity index is 1050. The van der Waals surface area contributed by atoms with Crippen molar-refractivity contribution < 1.29 is 22.8 Å². The molecule has 2 N–H and O–H groups in total. The van der Waals surface area contributed by atoms with Crippen molar-refractivity contribution >= 4 is 28.3 Å². The summed E-state index contributed by atoms with van der Waals surface area (Å²) in [4.78, 5) is 28.3. The van der Waals surface area contributed by atoms with E-state index in [-0.39, 0.29) is 24.4 Å². The number of nitrogens with zero attached hydrogens (tertiary/aromatic N) is 1. The van der Waals surface area contributed by atoms with E-state index in [1.165, 1.54) is 11.3 Å². The summed E-state index contributed by atoms with van der Waals surface area (Å²) in [6.45, 7) is 3.89. The van der Waals surface area contributed by atoms with E-state index in [0.29, 0.717) is 17.6 Å². The highest BCUT2D eigenvalue weighted by Gasteiger charge is 2.14. The molecule has 0 aliphatic rings. The third kappa shape index (κ3) is 5.26. The first-order valence-corrected chi connectivity index (χ1v) is 9.77. The molecule has 0 saturated heterocycles. The van der Waals surface area contributed by atoms with Gasteiger partial charge in [-0.05, 0) is 38.5 Å². The Hall–Kier alpha value is -3.07. The molecule has 0 radical (unpaired) electrons. The molecule has 0 bridgehead atoms. The van der Waals surface area contributed by atoms with Gasteiger partial charge in [-0.25, -0.2) is 13.8 Å². The Morgan fingerprint density at radius 2 is 2.00 bits per heavy atom. The van der Waals surface area contributed by atoms with Gasteiger partial charge in [-0.1, -0.05) is 0 Å². The molecule has 0 aliphatic heterocycles. The number of carbonyl (C=O) groups excluding carboxylic acids is 2. The molecule has 0 saturated carbocycles. The minimum absolute atomic E-state index is 0.158. The van der Waals surface area contributed by atoms with Crippen LogP contribution in [0, 0.1) is 25.5 Å². The van der Waals surface area contributed by atoms with Crippen LogP contribution in [0.2, 0.25) is 0 Å². The van der Waals surface area contributed by atoms with E-state index in [0.717, 1.165) is 34.9 Å². The Labute approximate surface area is 170 Å². The van der Waals surface area contributed by atoms with Crippen molar-refractivity contribution in [1.29, 1.82) is 0 Å². The number of halogens is 2. The number of aryl methyl sites for hydroxylation is 2. The zero-order chi connectivity index (χ0) is 21.0. The van der Waals surface area contributed by atoms with Crippen molar-refractivity contribution in [2.24, 2.45) is 0 Å². The summed E-state index contributed by atoms with van der Waals surface area (Å²) in [5, 5.41) is 7.54. The number of aromatic nitrogens is 1. The Balaban J connectivity index is 1.45. The van der Waals surface area contributed by atoms with Crippen molar-refractivity contribution in [2.75, 3.05) is 11.9 Å². The second-order valence-corrected chi connectivity index (χ2v) is 7.25. The maximum absolute atomic E-state index is 13.6. The van der Waals surface area contributed by atoms with Crippen LogP contribution in [0.4, 0.5) is 13.9 Å². The number of rotatable bonds is 7. The molecule has 9 heteroatoms. The van der Waals surface area contributed by atoms with E-state index in [1.807, 2.05) is 25.3 Å². The average molecular weight is 419 g/mol. The summed E-state index contributed by atoms with van der Waals surface area (Å²) in [5.74, 6) is -1.02. The molecule has 2 amide bonds. The molecular formula is C20H19F2N3O3S. The van der Waals surface area contributed by atoms with E-state index < -0.39 is 17.5 Å². The first-order valence-electron chi connectivity index (χ1n) is 8.89. The number of hydrogen-bond donors (Lipinski definition) is 2. The van der Waals surface area contributed by atoms with Crippen LogP contribution < -0.4 is 10.6 Å². The lowest BCUT2D eigenvalue weighted by molar-refractivity contribution is -0.116. The van der Waals surface area contributed by atoms with E-state index in [4.69, 9.17) is 4.42 Å². The Morgan fingerprint density at radius 1 is 1.21 bits per heavy atom. The predicted molar refractivity (Wildman–Crippen MR) is 106 cm³/mol. The SMILES string of the molecule is Cc1cc(-c2csc(NC(=O)CCCNC(=O)c3ccc(F)cc3F)n2)c(C)o1. The van der Waals surface area contributed by atoms with Crippen LogP contribution in [0.25, 0.3) is 11.3 Å². The summed E-state index contributed by atoms with van der Waals surface area (Å²) in [7, 11) is 0. The number of hydrogen-bond acceptors (Lipinski definition) is 5. The molecule has 6 nitrogen and oxygen atoms in total. The van der Waals surface area contributed by atoms with E-state index >= 15 is 0 Å². The summed E-state index contributed by atoms with van der Waals surface area (Å²) in [6, 6.07) is 4.63. The fraction of sp³-hybridized carbons (Fsp3) is 0.250. The van der Waals surface area contributed by atoms with Crippen LogP contribution in [0.1, 0.15) is 34.7 Å². The third-order valence-corrected chi connectivity index (χ3v) is 4.87. The quantitative estimate of drug-likeness (QED) is 0.555. The predicted octanol–water partition coefficient (Wildman–Crippen LogP) is 4.45. The number of nitrogens with one attached hydrogen (secondary N) is 2. The van der Waals surface area contributed by atoms with Gasteiger partial charge in [0.15, 0.2) is 5.13 Å². The smallest absolute Gasteiger partial charge is 0.254 e. The first-order chi connectivity index (χ1) is 13.8. The lowest BCUT2D eigenvalue weighted by atomic mass is 10.2. The summed E-state index contributed by atoms with van der Waals surface area (Å²) >= 11 is 1.31. The maximum atomic E-state index is 13.6. The molecule has 0 spiro atoms. The molecular weight excluding hydrogens is 400 g/mol. The molecule has 3 aromatic rings. The Morgan fingerprint density at radius 3 is 2.69 bits per heavy atom. The molecule has 2 aromatic heterocycles. The summed E-state index contributed by atoms with van der Waals surface area (Å²) in [6.07, 6.45) is 0.517. The van der Waals surface area contributed by atoms with Gasteiger partial charge in [0.2, 0.25) is 5.91 Å². The van der Waals surface area contributed by atoms with Crippen LogP contribution in [-0.2, 0) is 4.79 Å². The van der Waals surface area contributed by atoms with Crippen LogP contribution >= 0.6 is 11.3 Å². The third-order valence-electron chi connectivity index (χ3n) is 4.11. The molecule has 152 valence electrons. The zero-order valence-electron chi connectivity index (χ0n) is 15.8. The molecule has 2 heterocycles. The maximum Gasteiger partial charge on any atom is 0.254 e. The molecule has 29 heavy (non-hydrogen) atoms. The fourth-order valence-corrected chi connectivity index (χ4v) is 3.47. The van der Waals surface area contributed by atoms with Gasteiger partial charge in [-0.3, -0.25) is 9.59 Å². The topological polar surface area (TPSA) is 84.2 Å². The van der Waals surface area contributed by atoms with Gasteiger partial charge in [-0.2, -0.15) is 0 Å². The van der Waals surface area contributed by atoms with Crippen molar-refractivity contribution in [3.05, 3.63) is 58.4 Å². The monoisotopic (exact) mass is 419 g/mol. The minimum Gasteiger partial charge on any atom is -0.466 e. The van der Waals surface area contributed by atoms with Gasteiger partial charge >= 0.3 is 0 Å². The Kier molecular flexibility index (Phi) is 6.38. The summed E-state index contributed by atoms with van der Waals surface area (Å²) in [5.41, 5.74) is 1.37. The van der Waals surface area contributed by atoms with Gasteiger partial charge in [-0.15, -0.1) is 11.3 Å². The molecule has 0 unspecified atom stereocenters. The van der Waals surface area contributed by atoms with E-state index in [2.05, 4.69) is 15.6 Å². The molecule has 0 aliphatic carbocycles. The highest BCUT2D eigenvalue weighted by atomic mass is 32.1. The van der Waals surface area contributed by atoms with Crippen molar-refractivity contribution in [3.8, 4) is 11.3 Å². The number of furan rings is 1. The van der Waals surface area contributed by atoms with Crippen LogP contribution in [0.5, 0.6) is 0 Å². The van der Waals surface area contributed by atoms with Crippen LogP contribution in [-0.4, -0.2) is 23.3 Å². The van der Waals surface area contributed by atoms with Crippen LogP contribution in [0.3, 0.4) is 0 Å². The van der Waals surface area contributed by atoms with Gasteiger partial charge < -0.3 is 15.1 Å². The highest BCUT2D eigenvalue weighted by Crippen LogP contribution is 2.29. The number of amides is 2. The first kappa shape index (κ1) is 20.7. The number of carbonyl (C=O) groups is 2. The normalized spacial score (nSPS) is 10.8. The number of benzene rings is 1. The zero-order valence-corrected chi connectivity index (χ0v) is 16.7. The van der Waals surface area contributed by atoms with Gasteiger partial charge in [0.1, 0.15) is 23.2 Å². The minimum atomic E-state index is -0.928. The molecule has 0 atom stereocenters. The molecule has 1 aromatic carbocycles. The lowest BCUT2D eigenvalue weighted by Gasteiger charge is -2.06. The van der Waals surface area contributed by atoms with Crippen molar-refractivity contribution in [2.45, 2.75) is 26.7 Å². The highest BCUT2D eigenvalue weighted by molar-refractivity contribution is 7.14. The number of anilines is 1. The summed E-state index contributed by atoms with van der Waals surface area (Å²) < 4.78 is 31.9. The number of thiazole rings is 1. The van der Waals surface area contributed by atoms with Gasteiger partial charge in [0, 0.05) is 30.0 Å². The largest absolute Gasteiger partial charge is 0.466 e. The fourth-order valence-electron chi connectivity index (χ4n) is 2.74. The molecule has 0 fully saturated rings. The average Bonchev–Trinajstić information content (AvgIpc) is 3.24. The van der Waals surface area contributed by atoms with Crippen molar-refractivity contribution in [3.63, 3.8) is 0 Å². The lowest BCUT2D eigenvalue weighted by Crippen LogP contribution is -2.26. The van der Waals surface area contributed by atoms with E-state index in [1.54, 1.807) is 0 Å². The molecule has 3 rings (SSSR count). The van der Waals surface area contributed by atoms with Crippen LogP contribution in [0.15, 0.2) is 34.1 Å². The second kappa shape index (κ2) is 8.95. The van der Waals surface area contributed by atoms with Gasteiger partial charge in [0.25, 0.3) is 5.91 Å².